The van der Waals surface area contributed by atoms with Crippen LogP contribution in [0.5, 0.6) is 0 Å². The highest BCUT2D eigenvalue weighted by atomic mass is 32.2. The molecule has 0 amide bonds. The van der Waals surface area contributed by atoms with Crippen molar-refractivity contribution in [3.63, 3.8) is 0 Å². The van der Waals surface area contributed by atoms with Crippen molar-refractivity contribution in [2.75, 3.05) is 27.2 Å². The van der Waals surface area contributed by atoms with Gasteiger partial charge in [-0.2, -0.15) is 0 Å². The second kappa shape index (κ2) is 8.78. The van der Waals surface area contributed by atoms with E-state index in [1.807, 2.05) is 37.1 Å². The predicted molar refractivity (Wildman–Crippen MR) is 122 cm³/mol. The van der Waals surface area contributed by atoms with Crippen LogP contribution in [0.3, 0.4) is 0 Å². The molecule has 0 bridgehead atoms. The van der Waals surface area contributed by atoms with Crippen LogP contribution in [0.25, 0.3) is 22.5 Å². The molecule has 1 unspecified atom stereocenters. The van der Waals surface area contributed by atoms with Gasteiger partial charge in [0.25, 0.3) is 0 Å². The molecule has 1 aromatic carbocycles. The van der Waals surface area contributed by atoms with Crippen LogP contribution in [-0.2, 0) is 0 Å². The Bertz CT molecular complexity index is 1230. The fraction of sp³-hybridized carbons (Fsp3) is 0.217. The number of hydrogen-bond donors (Lipinski definition) is 1. The topological polar surface area (TPSA) is 71.8 Å². The largest absolute Gasteiger partial charge is 0.308 e. The summed E-state index contributed by atoms with van der Waals surface area (Å²) in [6, 6.07) is 12.4. The lowest BCUT2D eigenvalue weighted by atomic mass is 10.0. The van der Waals surface area contributed by atoms with Gasteiger partial charge in [0.2, 0.25) is 0 Å². The molecule has 9 heteroatoms. The molecule has 0 fully saturated rings. The fourth-order valence-electron chi connectivity index (χ4n) is 3.55. The normalized spacial score (nSPS) is 14.9. The van der Waals surface area contributed by atoms with Gasteiger partial charge in [0.1, 0.15) is 17.0 Å². The number of hydrogen-bond acceptors (Lipinski definition) is 7. The molecule has 32 heavy (non-hydrogen) atoms. The first kappa shape index (κ1) is 20.7. The molecule has 7 nitrogen and oxygen atoms in total. The fourth-order valence-corrected chi connectivity index (χ4v) is 4.49. The number of halogens is 1. The SMILES string of the molecule is CN(C)CCNC1c2cc(-c3ccc(F)cc3)cnc2Sc2nc(-c3cccnc3)nn21. The van der Waals surface area contributed by atoms with Gasteiger partial charge in [0.05, 0.1) is 0 Å². The lowest BCUT2D eigenvalue weighted by molar-refractivity contribution is 0.343. The predicted octanol–water partition coefficient (Wildman–Crippen LogP) is 3.70. The molecule has 0 saturated carbocycles. The Labute approximate surface area is 189 Å². The highest BCUT2D eigenvalue weighted by Crippen LogP contribution is 2.40. The standard InChI is InChI=1S/C23H22FN7S/c1-30(2)11-10-26-21-19-12-17(15-5-7-18(24)8-6-15)14-27-22(19)32-23-28-20(29-31(21)23)16-4-3-9-25-13-16/h3-9,12-14,21,26H,10-11H2,1-2H3. The summed E-state index contributed by atoms with van der Waals surface area (Å²) < 4.78 is 15.3. The Morgan fingerprint density at radius 1 is 1.09 bits per heavy atom. The highest BCUT2D eigenvalue weighted by Gasteiger charge is 2.30. The van der Waals surface area contributed by atoms with Crippen LogP contribution < -0.4 is 5.32 Å². The van der Waals surface area contributed by atoms with E-state index in [1.165, 1.54) is 23.9 Å². The Morgan fingerprint density at radius 2 is 1.94 bits per heavy atom. The lowest BCUT2D eigenvalue weighted by Gasteiger charge is -2.27. The molecule has 0 spiro atoms. The van der Waals surface area contributed by atoms with Crippen LogP contribution in [0.4, 0.5) is 4.39 Å². The zero-order valence-corrected chi connectivity index (χ0v) is 18.6. The van der Waals surface area contributed by atoms with Gasteiger partial charge in [-0.25, -0.2) is 19.0 Å². The number of fused-ring (bicyclic) bond motifs is 2. The summed E-state index contributed by atoms with van der Waals surface area (Å²) in [7, 11) is 4.09. The van der Waals surface area contributed by atoms with Crippen molar-refractivity contribution in [1.29, 1.82) is 0 Å². The number of pyridine rings is 2. The van der Waals surface area contributed by atoms with Crippen molar-refractivity contribution in [1.82, 2.24) is 34.9 Å². The molecule has 4 heterocycles. The van der Waals surface area contributed by atoms with E-state index in [0.29, 0.717) is 5.82 Å². The number of nitrogens with one attached hydrogen (secondary N) is 1. The minimum absolute atomic E-state index is 0.216. The Kier molecular flexibility index (Phi) is 5.69. The number of benzene rings is 1. The molecule has 162 valence electrons. The maximum absolute atomic E-state index is 13.4. The summed E-state index contributed by atoms with van der Waals surface area (Å²) in [6.45, 7) is 1.65. The minimum atomic E-state index is -0.256. The molecular formula is C23H22FN7S. The van der Waals surface area contributed by atoms with Crippen molar-refractivity contribution < 1.29 is 4.39 Å². The van der Waals surface area contributed by atoms with Gasteiger partial charge in [0, 0.05) is 48.4 Å². The van der Waals surface area contributed by atoms with E-state index in [2.05, 4.69) is 21.3 Å². The van der Waals surface area contributed by atoms with E-state index in [4.69, 9.17) is 15.1 Å². The smallest absolute Gasteiger partial charge is 0.194 e. The third kappa shape index (κ3) is 4.14. The zero-order valence-electron chi connectivity index (χ0n) is 17.7. The zero-order chi connectivity index (χ0) is 22.1. The first-order valence-electron chi connectivity index (χ1n) is 10.3. The van der Waals surface area contributed by atoms with E-state index >= 15 is 0 Å². The van der Waals surface area contributed by atoms with Crippen molar-refractivity contribution in [3.05, 3.63) is 72.4 Å². The summed E-state index contributed by atoms with van der Waals surface area (Å²) in [5.41, 5.74) is 3.73. The van der Waals surface area contributed by atoms with Crippen molar-refractivity contribution in [3.8, 4) is 22.5 Å². The van der Waals surface area contributed by atoms with E-state index < -0.39 is 0 Å². The van der Waals surface area contributed by atoms with Gasteiger partial charge < -0.3 is 4.90 Å². The van der Waals surface area contributed by atoms with Crippen LogP contribution >= 0.6 is 11.8 Å². The van der Waals surface area contributed by atoms with Crippen LogP contribution in [0.2, 0.25) is 0 Å². The van der Waals surface area contributed by atoms with Crippen molar-refractivity contribution >= 4 is 11.8 Å². The number of rotatable bonds is 6. The molecular weight excluding hydrogens is 425 g/mol. The molecule has 0 saturated heterocycles. The van der Waals surface area contributed by atoms with Crippen LogP contribution in [0.15, 0.2) is 71.2 Å². The van der Waals surface area contributed by atoms with Crippen LogP contribution in [-0.4, -0.2) is 56.8 Å². The second-order valence-corrected chi connectivity index (χ2v) is 8.75. The summed E-state index contributed by atoms with van der Waals surface area (Å²) in [6.07, 6.45) is 5.10. The number of aromatic nitrogens is 5. The molecule has 1 aliphatic heterocycles. The molecule has 3 aromatic heterocycles. The first-order chi connectivity index (χ1) is 15.6. The Balaban J connectivity index is 1.55. The monoisotopic (exact) mass is 447 g/mol. The Hall–Kier alpha value is -3.14. The first-order valence-corrected chi connectivity index (χ1v) is 11.1. The van der Waals surface area contributed by atoms with Crippen LogP contribution in [0, 0.1) is 5.82 Å². The molecule has 0 radical (unpaired) electrons. The van der Waals surface area contributed by atoms with Crippen molar-refractivity contribution in [2.45, 2.75) is 16.3 Å². The van der Waals surface area contributed by atoms with E-state index in [-0.39, 0.29) is 12.0 Å². The molecule has 0 aliphatic carbocycles. The van der Waals surface area contributed by atoms with E-state index in [9.17, 15) is 4.39 Å². The van der Waals surface area contributed by atoms with E-state index in [0.717, 1.165) is 45.5 Å². The average molecular weight is 448 g/mol. The molecule has 1 atom stereocenters. The second-order valence-electron chi connectivity index (χ2n) is 7.79. The van der Waals surface area contributed by atoms with Crippen molar-refractivity contribution in [2.24, 2.45) is 0 Å². The van der Waals surface area contributed by atoms with Gasteiger partial charge in [-0.3, -0.25) is 10.3 Å². The quantitative estimate of drug-likeness (QED) is 0.483. The maximum atomic E-state index is 13.4. The minimum Gasteiger partial charge on any atom is -0.308 e. The molecule has 1 aliphatic rings. The molecule has 1 N–H and O–H groups in total. The van der Waals surface area contributed by atoms with Gasteiger partial charge in [-0.15, -0.1) is 5.10 Å². The molecule has 5 rings (SSSR count). The Morgan fingerprint density at radius 3 is 2.69 bits per heavy atom. The third-order valence-corrected chi connectivity index (χ3v) is 6.20. The number of nitrogens with zero attached hydrogens (tertiary/aromatic N) is 6. The summed E-state index contributed by atoms with van der Waals surface area (Å²) in [4.78, 5) is 15.8. The summed E-state index contributed by atoms with van der Waals surface area (Å²) in [5, 5.41) is 10.1. The van der Waals surface area contributed by atoms with Crippen LogP contribution in [0.1, 0.15) is 11.7 Å². The van der Waals surface area contributed by atoms with Gasteiger partial charge >= 0.3 is 0 Å². The molecule has 4 aromatic rings. The van der Waals surface area contributed by atoms with E-state index in [1.54, 1.807) is 24.5 Å². The van der Waals surface area contributed by atoms with Gasteiger partial charge in [-0.1, -0.05) is 12.1 Å². The maximum Gasteiger partial charge on any atom is 0.194 e. The van der Waals surface area contributed by atoms with Gasteiger partial charge in [0.15, 0.2) is 11.0 Å². The average Bonchev–Trinajstić information content (AvgIpc) is 3.23. The van der Waals surface area contributed by atoms with Gasteiger partial charge in [-0.05, 0) is 61.8 Å². The lowest BCUT2D eigenvalue weighted by Crippen LogP contribution is -2.36. The summed E-state index contributed by atoms with van der Waals surface area (Å²) >= 11 is 1.50. The summed E-state index contributed by atoms with van der Waals surface area (Å²) in [5.74, 6) is 0.375. The number of likely N-dealkylation sites (N-methyl/N-ethyl adjacent to an activating group) is 1. The third-order valence-electron chi connectivity index (χ3n) is 5.20. The highest BCUT2D eigenvalue weighted by molar-refractivity contribution is 7.99.